The molecular formula is C11H11FN4O. The van der Waals surface area contributed by atoms with E-state index < -0.39 is 11.7 Å². The lowest BCUT2D eigenvalue weighted by Gasteiger charge is -2.04. The average Bonchev–Trinajstić information content (AvgIpc) is 2.61. The molecule has 2 rings (SSSR count). The van der Waals surface area contributed by atoms with Crippen LogP contribution in [0.5, 0.6) is 0 Å². The molecule has 0 saturated heterocycles. The molecule has 0 fully saturated rings. The lowest BCUT2D eigenvalue weighted by atomic mass is 10.3. The van der Waals surface area contributed by atoms with Gasteiger partial charge in [0.15, 0.2) is 0 Å². The fourth-order valence-electron chi connectivity index (χ4n) is 1.42. The van der Waals surface area contributed by atoms with Crippen molar-refractivity contribution in [1.82, 2.24) is 15.2 Å². The molecule has 2 aromatic rings. The third-order valence-electron chi connectivity index (χ3n) is 2.33. The van der Waals surface area contributed by atoms with Crippen molar-refractivity contribution < 1.29 is 9.18 Å². The Hall–Kier alpha value is -2.24. The molecule has 0 aliphatic carbocycles. The number of aromatic nitrogens is 3. The Bertz CT molecular complexity index is 528. The number of rotatable bonds is 2. The number of H-pyrrole nitrogens is 1. The predicted octanol–water partition coefficient (Wildman–Crippen LogP) is 1.81. The quantitative estimate of drug-likeness (QED) is 0.832. The first-order valence-corrected chi connectivity index (χ1v) is 5.02. The number of anilines is 1. The first-order valence-electron chi connectivity index (χ1n) is 5.02. The summed E-state index contributed by atoms with van der Waals surface area (Å²) in [6, 6.07) is 2.52. The van der Waals surface area contributed by atoms with Crippen LogP contribution in [0.4, 0.5) is 10.1 Å². The van der Waals surface area contributed by atoms with Gasteiger partial charge in [-0.15, -0.1) is 0 Å². The summed E-state index contributed by atoms with van der Waals surface area (Å²) >= 11 is 0. The van der Waals surface area contributed by atoms with Crippen LogP contribution in [0.2, 0.25) is 0 Å². The van der Waals surface area contributed by atoms with Crippen molar-refractivity contribution in [2.24, 2.45) is 0 Å². The fourth-order valence-corrected chi connectivity index (χ4v) is 1.42. The minimum Gasteiger partial charge on any atom is -0.317 e. The minimum atomic E-state index is -0.475. The minimum absolute atomic E-state index is 0.159. The SMILES string of the molecule is Cc1n[nH]c(C)c1NC(=O)c1ccc(F)cn1. The number of hydrogen-bond donors (Lipinski definition) is 2. The molecule has 0 aliphatic rings. The van der Waals surface area contributed by atoms with Crippen molar-refractivity contribution in [2.75, 3.05) is 5.32 Å². The van der Waals surface area contributed by atoms with E-state index in [0.717, 1.165) is 11.9 Å². The highest BCUT2D eigenvalue weighted by molar-refractivity contribution is 6.03. The smallest absolute Gasteiger partial charge is 0.274 e. The largest absolute Gasteiger partial charge is 0.317 e. The van der Waals surface area contributed by atoms with E-state index in [1.807, 2.05) is 0 Å². The number of aromatic amines is 1. The summed E-state index contributed by atoms with van der Waals surface area (Å²) in [6.45, 7) is 3.57. The molecule has 0 atom stereocenters. The van der Waals surface area contributed by atoms with Gasteiger partial charge in [0.1, 0.15) is 11.5 Å². The Morgan fingerprint density at radius 2 is 2.18 bits per heavy atom. The van der Waals surface area contributed by atoms with E-state index in [9.17, 15) is 9.18 Å². The summed E-state index contributed by atoms with van der Waals surface area (Å²) in [6.07, 6.45) is 1.00. The standard InChI is InChI=1S/C11H11FN4O/c1-6-10(7(2)16-15-6)14-11(17)9-4-3-8(12)5-13-9/h3-5H,1-2H3,(H,14,17)(H,15,16). The van der Waals surface area contributed by atoms with Crippen LogP contribution in [0.25, 0.3) is 0 Å². The van der Waals surface area contributed by atoms with E-state index in [4.69, 9.17) is 0 Å². The second-order valence-electron chi connectivity index (χ2n) is 3.62. The molecule has 2 heterocycles. The number of aryl methyl sites for hydroxylation is 2. The Labute approximate surface area is 97.1 Å². The fraction of sp³-hybridized carbons (Fsp3) is 0.182. The number of amides is 1. The first-order chi connectivity index (χ1) is 8.08. The van der Waals surface area contributed by atoms with Crippen LogP contribution in [0.3, 0.4) is 0 Å². The van der Waals surface area contributed by atoms with Crippen molar-refractivity contribution in [2.45, 2.75) is 13.8 Å². The number of halogens is 1. The van der Waals surface area contributed by atoms with Gasteiger partial charge < -0.3 is 5.32 Å². The molecule has 0 bridgehead atoms. The molecule has 6 heteroatoms. The molecule has 1 amide bonds. The van der Waals surface area contributed by atoms with Crippen LogP contribution < -0.4 is 5.32 Å². The summed E-state index contributed by atoms with van der Waals surface area (Å²) in [5, 5.41) is 9.39. The van der Waals surface area contributed by atoms with Gasteiger partial charge in [0, 0.05) is 0 Å². The number of nitrogens with one attached hydrogen (secondary N) is 2. The van der Waals surface area contributed by atoms with Crippen molar-refractivity contribution >= 4 is 11.6 Å². The molecule has 2 N–H and O–H groups in total. The molecule has 0 radical (unpaired) electrons. The Balaban J connectivity index is 2.20. The Kier molecular flexibility index (Phi) is 2.86. The van der Waals surface area contributed by atoms with Gasteiger partial charge in [-0.3, -0.25) is 9.89 Å². The van der Waals surface area contributed by atoms with Gasteiger partial charge in [-0.25, -0.2) is 9.37 Å². The first kappa shape index (κ1) is 11.3. The van der Waals surface area contributed by atoms with Crippen molar-refractivity contribution in [3.05, 3.63) is 41.2 Å². The molecule has 88 valence electrons. The average molecular weight is 234 g/mol. The van der Waals surface area contributed by atoms with E-state index >= 15 is 0 Å². The topological polar surface area (TPSA) is 70.7 Å². The molecular weight excluding hydrogens is 223 g/mol. The van der Waals surface area contributed by atoms with Crippen LogP contribution in [-0.2, 0) is 0 Å². The molecule has 0 unspecified atom stereocenters. The van der Waals surface area contributed by atoms with E-state index in [0.29, 0.717) is 11.4 Å². The maximum atomic E-state index is 12.6. The molecule has 0 spiro atoms. The maximum absolute atomic E-state index is 12.6. The molecule has 2 aromatic heterocycles. The van der Waals surface area contributed by atoms with Crippen molar-refractivity contribution in [3.8, 4) is 0 Å². The zero-order valence-electron chi connectivity index (χ0n) is 9.41. The second kappa shape index (κ2) is 4.32. The van der Waals surface area contributed by atoms with E-state index in [1.54, 1.807) is 13.8 Å². The summed E-state index contributed by atoms with van der Waals surface area (Å²) in [5.74, 6) is -0.866. The lowest BCUT2D eigenvalue weighted by molar-refractivity contribution is 0.102. The maximum Gasteiger partial charge on any atom is 0.274 e. The van der Waals surface area contributed by atoms with Gasteiger partial charge >= 0.3 is 0 Å². The van der Waals surface area contributed by atoms with Crippen LogP contribution in [-0.4, -0.2) is 21.1 Å². The number of nitrogens with zero attached hydrogens (tertiary/aromatic N) is 2. The highest BCUT2D eigenvalue weighted by Gasteiger charge is 2.12. The molecule has 0 aliphatic heterocycles. The number of carbonyl (C=O) groups is 1. The van der Waals surface area contributed by atoms with Crippen LogP contribution in [0, 0.1) is 19.7 Å². The van der Waals surface area contributed by atoms with Crippen LogP contribution in [0.1, 0.15) is 21.9 Å². The Morgan fingerprint density at radius 3 is 2.71 bits per heavy atom. The van der Waals surface area contributed by atoms with Crippen LogP contribution in [0.15, 0.2) is 18.3 Å². The Morgan fingerprint density at radius 1 is 1.41 bits per heavy atom. The van der Waals surface area contributed by atoms with E-state index in [-0.39, 0.29) is 5.69 Å². The normalized spacial score (nSPS) is 10.3. The summed E-state index contributed by atoms with van der Waals surface area (Å²) in [7, 11) is 0. The number of hydrogen-bond acceptors (Lipinski definition) is 3. The van der Waals surface area contributed by atoms with E-state index in [2.05, 4.69) is 20.5 Å². The number of pyridine rings is 1. The second-order valence-corrected chi connectivity index (χ2v) is 3.62. The zero-order valence-corrected chi connectivity index (χ0v) is 9.41. The van der Waals surface area contributed by atoms with Crippen molar-refractivity contribution in [3.63, 3.8) is 0 Å². The number of carbonyl (C=O) groups excluding carboxylic acids is 1. The summed E-state index contributed by atoms with van der Waals surface area (Å²) < 4.78 is 12.6. The third-order valence-corrected chi connectivity index (χ3v) is 2.33. The van der Waals surface area contributed by atoms with Gasteiger partial charge in [-0.2, -0.15) is 5.10 Å². The van der Waals surface area contributed by atoms with Gasteiger partial charge in [-0.05, 0) is 26.0 Å². The van der Waals surface area contributed by atoms with Gasteiger partial charge in [0.25, 0.3) is 5.91 Å². The van der Waals surface area contributed by atoms with Crippen LogP contribution >= 0.6 is 0 Å². The monoisotopic (exact) mass is 234 g/mol. The molecule has 0 aromatic carbocycles. The van der Waals surface area contributed by atoms with E-state index in [1.165, 1.54) is 12.1 Å². The van der Waals surface area contributed by atoms with Gasteiger partial charge in [0.05, 0.1) is 23.3 Å². The lowest BCUT2D eigenvalue weighted by Crippen LogP contribution is -2.14. The highest BCUT2D eigenvalue weighted by Crippen LogP contribution is 2.16. The summed E-state index contributed by atoms with van der Waals surface area (Å²) in [4.78, 5) is 15.5. The van der Waals surface area contributed by atoms with Crippen molar-refractivity contribution in [1.29, 1.82) is 0 Å². The van der Waals surface area contributed by atoms with Gasteiger partial charge in [0.2, 0.25) is 0 Å². The predicted molar refractivity (Wildman–Crippen MR) is 60.2 cm³/mol. The molecule has 17 heavy (non-hydrogen) atoms. The zero-order chi connectivity index (χ0) is 12.4. The third kappa shape index (κ3) is 2.30. The molecule has 5 nitrogen and oxygen atoms in total. The molecule has 0 saturated carbocycles. The van der Waals surface area contributed by atoms with Gasteiger partial charge in [-0.1, -0.05) is 0 Å². The highest BCUT2D eigenvalue weighted by atomic mass is 19.1. The summed E-state index contributed by atoms with van der Waals surface area (Å²) in [5.41, 5.74) is 2.24.